The van der Waals surface area contributed by atoms with Gasteiger partial charge < -0.3 is 9.67 Å². The van der Waals surface area contributed by atoms with Gasteiger partial charge in [-0.05, 0) is 44.1 Å². The number of aliphatic hydroxyl groups is 1. The zero-order chi connectivity index (χ0) is 10.4. The monoisotopic (exact) mass is 205 g/mol. The van der Waals surface area contributed by atoms with Crippen molar-refractivity contribution >= 4 is 0 Å². The molecule has 0 aliphatic heterocycles. The predicted octanol–water partition coefficient (Wildman–Crippen LogP) is 2.83. The van der Waals surface area contributed by atoms with Crippen molar-refractivity contribution in [3.8, 4) is 0 Å². The molecule has 0 radical (unpaired) electrons. The number of aromatic nitrogens is 1. The van der Waals surface area contributed by atoms with Crippen LogP contribution in [0.25, 0.3) is 0 Å². The summed E-state index contributed by atoms with van der Waals surface area (Å²) in [5.41, 5.74) is 2.60. The van der Waals surface area contributed by atoms with Gasteiger partial charge in [-0.25, -0.2) is 0 Å². The van der Waals surface area contributed by atoms with Crippen LogP contribution in [0, 0.1) is 5.92 Å². The van der Waals surface area contributed by atoms with Gasteiger partial charge in [0.2, 0.25) is 0 Å². The van der Waals surface area contributed by atoms with Crippen LogP contribution < -0.4 is 0 Å². The van der Waals surface area contributed by atoms with E-state index in [2.05, 4.69) is 23.8 Å². The normalized spacial score (nSPS) is 34.7. The number of aliphatic hydroxyl groups excluding tert-OH is 1. The van der Waals surface area contributed by atoms with Gasteiger partial charge in [-0.1, -0.05) is 6.92 Å². The average molecular weight is 205 g/mol. The molecule has 1 aromatic heterocycles. The summed E-state index contributed by atoms with van der Waals surface area (Å²) >= 11 is 0. The van der Waals surface area contributed by atoms with Gasteiger partial charge in [-0.2, -0.15) is 0 Å². The molecule has 1 fully saturated rings. The second kappa shape index (κ2) is 3.38. The first-order chi connectivity index (χ1) is 7.25. The molecule has 1 heterocycles. The van der Waals surface area contributed by atoms with E-state index in [-0.39, 0.29) is 6.10 Å². The van der Waals surface area contributed by atoms with E-state index in [1.54, 1.807) is 0 Å². The summed E-state index contributed by atoms with van der Waals surface area (Å²) in [6, 6.07) is 2.84. The van der Waals surface area contributed by atoms with Crippen molar-refractivity contribution in [1.82, 2.24) is 4.57 Å². The Balaban J connectivity index is 1.90. The molecule has 0 aromatic carbocycles. The third-order valence-electron chi connectivity index (χ3n) is 4.05. The van der Waals surface area contributed by atoms with Crippen LogP contribution in [0.3, 0.4) is 0 Å². The van der Waals surface area contributed by atoms with E-state index in [1.807, 2.05) is 0 Å². The smallest absolute Gasteiger partial charge is 0.0807 e. The molecule has 2 heteroatoms. The maximum Gasteiger partial charge on any atom is 0.0807 e. The Kier molecular flexibility index (Phi) is 2.13. The Bertz CT molecular complexity index is 363. The van der Waals surface area contributed by atoms with Gasteiger partial charge in [0.05, 0.1) is 6.10 Å². The van der Waals surface area contributed by atoms with Crippen molar-refractivity contribution in [2.24, 2.45) is 5.92 Å². The average Bonchev–Trinajstić information content (AvgIpc) is 2.58. The van der Waals surface area contributed by atoms with Crippen LogP contribution in [0.2, 0.25) is 0 Å². The second-order valence-electron chi connectivity index (χ2n) is 5.26. The number of rotatable bonds is 1. The zero-order valence-corrected chi connectivity index (χ0v) is 9.32. The molecular formula is C13H19NO. The highest BCUT2D eigenvalue weighted by atomic mass is 16.3. The Morgan fingerprint density at radius 1 is 1.40 bits per heavy atom. The van der Waals surface area contributed by atoms with Crippen LogP contribution in [-0.2, 0) is 6.42 Å². The molecule has 3 rings (SSSR count). The molecule has 1 saturated carbocycles. The van der Waals surface area contributed by atoms with Gasteiger partial charge in [0.1, 0.15) is 0 Å². The Labute approximate surface area is 90.9 Å². The van der Waals surface area contributed by atoms with E-state index in [9.17, 15) is 5.11 Å². The lowest BCUT2D eigenvalue weighted by Gasteiger charge is -2.36. The first-order valence-electron chi connectivity index (χ1n) is 6.13. The van der Waals surface area contributed by atoms with E-state index < -0.39 is 0 Å². The molecule has 2 aliphatic carbocycles. The van der Waals surface area contributed by atoms with E-state index in [4.69, 9.17) is 0 Å². The van der Waals surface area contributed by atoms with Crippen molar-refractivity contribution in [2.45, 2.75) is 51.2 Å². The van der Waals surface area contributed by atoms with Gasteiger partial charge in [-0.15, -0.1) is 0 Å². The molecule has 15 heavy (non-hydrogen) atoms. The van der Waals surface area contributed by atoms with Gasteiger partial charge in [0, 0.05) is 23.5 Å². The number of nitrogens with zero attached hydrogens (tertiary/aromatic N) is 1. The summed E-state index contributed by atoms with van der Waals surface area (Å²) in [7, 11) is 0. The topological polar surface area (TPSA) is 25.2 Å². The Morgan fingerprint density at radius 2 is 2.20 bits per heavy atom. The summed E-state index contributed by atoms with van der Waals surface area (Å²) in [4.78, 5) is 0. The Morgan fingerprint density at radius 3 is 2.93 bits per heavy atom. The molecule has 2 nitrogen and oxygen atoms in total. The summed E-state index contributed by atoms with van der Waals surface area (Å²) in [5, 5.41) is 9.89. The number of hydrogen-bond acceptors (Lipinski definition) is 1. The standard InChI is InChI=1S/C13H19NO/c1-9-7-10(8-9)14-6-5-11-12(14)3-2-4-13(11)15/h5-6,9-10,13,15H,2-4,7-8H2,1H3. The van der Waals surface area contributed by atoms with E-state index >= 15 is 0 Å². The van der Waals surface area contributed by atoms with Crippen LogP contribution in [0.5, 0.6) is 0 Å². The third-order valence-corrected chi connectivity index (χ3v) is 4.05. The maximum atomic E-state index is 9.89. The highest BCUT2D eigenvalue weighted by Gasteiger charge is 2.30. The largest absolute Gasteiger partial charge is 0.388 e. The highest BCUT2D eigenvalue weighted by Crippen LogP contribution is 2.41. The molecule has 2 aliphatic rings. The lowest BCUT2D eigenvalue weighted by Crippen LogP contribution is -2.26. The fraction of sp³-hybridized carbons (Fsp3) is 0.692. The molecule has 1 N–H and O–H groups in total. The quantitative estimate of drug-likeness (QED) is 0.749. The summed E-state index contributed by atoms with van der Waals surface area (Å²) in [6.45, 7) is 2.32. The molecule has 82 valence electrons. The van der Waals surface area contributed by atoms with Crippen LogP contribution in [0.4, 0.5) is 0 Å². The molecule has 0 saturated heterocycles. The minimum absolute atomic E-state index is 0.201. The van der Waals surface area contributed by atoms with Gasteiger partial charge in [0.15, 0.2) is 0 Å². The number of fused-ring (bicyclic) bond motifs is 1. The van der Waals surface area contributed by atoms with Crippen molar-refractivity contribution in [2.75, 3.05) is 0 Å². The fourth-order valence-electron chi connectivity index (χ4n) is 3.12. The van der Waals surface area contributed by atoms with Crippen molar-refractivity contribution in [3.63, 3.8) is 0 Å². The molecule has 1 aromatic rings. The molecule has 0 amide bonds. The van der Waals surface area contributed by atoms with E-state index in [0.29, 0.717) is 6.04 Å². The third kappa shape index (κ3) is 1.43. The highest BCUT2D eigenvalue weighted by molar-refractivity contribution is 5.28. The van der Waals surface area contributed by atoms with Crippen molar-refractivity contribution in [3.05, 3.63) is 23.5 Å². The Hall–Kier alpha value is -0.760. The van der Waals surface area contributed by atoms with E-state index in [0.717, 1.165) is 25.2 Å². The maximum absolute atomic E-state index is 9.89. The van der Waals surface area contributed by atoms with Gasteiger partial charge in [-0.3, -0.25) is 0 Å². The first kappa shape index (κ1) is 9.46. The van der Waals surface area contributed by atoms with Crippen molar-refractivity contribution < 1.29 is 5.11 Å². The summed E-state index contributed by atoms with van der Waals surface area (Å²) < 4.78 is 2.43. The zero-order valence-electron chi connectivity index (χ0n) is 9.32. The fourth-order valence-corrected chi connectivity index (χ4v) is 3.12. The molecule has 0 spiro atoms. The minimum atomic E-state index is -0.201. The second-order valence-corrected chi connectivity index (χ2v) is 5.26. The first-order valence-corrected chi connectivity index (χ1v) is 6.13. The van der Waals surface area contributed by atoms with Gasteiger partial charge in [0.25, 0.3) is 0 Å². The van der Waals surface area contributed by atoms with Crippen molar-refractivity contribution in [1.29, 1.82) is 0 Å². The minimum Gasteiger partial charge on any atom is -0.388 e. The summed E-state index contributed by atoms with van der Waals surface area (Å²) in [6.07, 6.45) is 7.86. The molecule has 0 bridgehead atoms. The lowest BCUT2D eigenvalue weighted by atomic mass is 9.81. The number of hydrogen-bond donors (Lipinski definition) is 1. The van der Waals surface area contributed by atoms with Crippen LogP contribution in [0.15, 0.2) is 12.3 Å². The van der Waals surface area contributed by atoms with Crippen LogP contribution in [0.1, 0.15) is 56.0 Å². The SMILES string of the molecule is CC1CC(n2ccc3c2CCCC3O)C1. The lowest BCUT2D eigenvalue weighted by molar-refractivity contribution is 0.152. The molecule has 1 unspecified atom stereocenters. The van der Waals surface area contributed by atoms with Crippen LogP contribution in [-0.4, -0.2) is 9.67 Å². The molecule has 1 atom stereocenters. The van der Waals surface area contributed by atoms with Gasteiger partial charge >= 0.3 is 0 Å². The van der Waals surface area contributed by atoms with E-state index in [1.165, 1.54) is 24.1 Å². The van der Waals surface area contributed by atoms with Crippen LogP contribution >= 0.6 is 0 Å². The predicted molar refractivity (Wildman–Crippen MR) is 59.8 cm³/mol. The summed E-state index contributed by atoms with van der Waals surface area (Å²) in [5.74, 6) is 0.890. The molecular weight excluding hydrogens is 186 g/mol.